The van der Waals surface area contributed by atoms with Crippen LogP contribution in [0, 0.1) is 11.8 Å². The van der Waals surface area contributed by atoms with Crippen molar-refractivity contribution in [1.82, 2.24) is 24.9 Å². The number of esters is 1. The topological polar surface area (TPSA) is 177 Å². The van der Waals surface area contributed by atoms with Gasteiger partial charge in [0, 0.05) is 41.0 Å². The van der Waals surface area contributed by atoms with Gasteiger partial charge in [0.05, 0.1) is 30.7 Å². The van der Waals surface area contributed by atoms with Crippen LogP contribution < -0.4 is 14.8 Å². The van der Waals surface area contributed by atoms with Crippen molar-refractivity contribution < 1.29 is 37.1 Å². The standard InChI is InChI=1S/C41H43N5O8S/c1-2-29-22-41(29,40(50)45-55(51,52)31-13-14-31)44-37(48)35-21-30-24-46(35)39(49)27(19-28-23-43-34-10-6-5-9-32(28)34)20-36(47)53-17-7-3-4-8-25-11-12-26-15-16-42-38(54-30)33(26)18-25/h2,4-6,8-12,15-16,18,23,27,29-31,35,43H,1,3,7,13-14,17,19-22,24H2,(H,44,48)(H,45,50)/b8-4+/t27-,29+,30-,35+,41-/m1/s1. The van der Waals surface area contributed by atoms with Gasteiger partial charge in [0.1, 0.15) is 17.7 Å². The quantitative estimate of drug-likeness (QED) is 0.174. The Morgan fingerprint density at radius 3 is 2.75 bits per heavy atom. The molecule has 2 aliphatic carbocycles. The van der Waals surface area contributed by atoms with Gasteiger partial charge in [-0.05, 0) is 73.2 Å². The molecule has 4 aliphatic rings. The highest BCUT2D eigenvalue weighted by Gasteiger charge is 2.62. The van der Waals surface area contributed by atoms with Crippen LogP contribution in [0.4, 0.5) is 0 Å². The van der Waals surface area contributed by atoms with E-state index in [4.69, 9.17) is 9.47 Å². The molecule has 2 aromatic heterocycles. The number of hydrogen-bond acceptors (Lipinski definition) is 9. The largest absolute Gasteiger partial charge is 0.472 e. The number of carbonyl (C=O) groups is 4. The van der Waals surface area contributed by atoms with Crippen molar-refractivity contribution in [1.29, 1.82) is 0 Å². The molecule has 5 atom stereocenters. The molecule has 0 radical (unpaired) electrons. The predicted molar refractivity (Wildman–Crippen MR) is 205 cm³/mol. The van der Waals surface area contributed by atoms with E-state index in [2.05, 4.69) is 26.6 Å². The lowest BCUT2D eigenvalue weighted by Crippen LogP contribution is -2.57. The third-order valence-corrected chi connectivity index (χ3v) is 12.9. The molecule has 4 bridgehead atoms. The van der Waals surface area contributed by atoms with Gasteiger partial charge in [-0.25, -0.2) is 13.4 Å². The molecule has 14 heteroatoms. The van der Waals surface area contributed by atoms with Crippen molar-refractivity contribution in [3.63, 3.8) is 0 Å². The highest BCUT2D eigenvalue weighted by molar-refractivity contribution is 7.91. The number of carbonyl (C=O) groups excluding carboxylic acids is 4. The van der Waals surface area contributed by atoms with E-state index < -0.39 is 68.5 Å². The minimum atomic E-state index is -3.90. The van der Waals surface area contributed by atoms with E-state index in [1.165, 1.54) is 11.0 Å². The molecular weight excluding hydrogens is 723 g/mol. The summed E-state index contributed by atoms with van der Waals surface area (Å²) in [5.74, 6) is -3.51. The first kappa shape index (κ1) is 36.5. The smallest absolute Gasteiger partial charge is 0.306 e. The van der Waals surface area contributed by atoms with Crippen molar-refractivity contribution in [2.24, 2.45) is 11.8 Å². The molecule has 3 fully saturated rings. The first-order chi connectivity index (χ1) is 26.5. The highest BCUT2D eigenvalue weighted by atomic mass is 32.2. The molecular formula is C41H43N5O8S. The Labute approximate surface area is 318 Å². The van der Waals surface area contributed by atoms with Crippen LogP contribution in [0.2, 0.25) is 0 Å². The SMILES string of the molecule is C=C[C@H]1C[C@]1(NC(=O)[C@@H]1C[C@@H]2CN1C(=O)[C@H](Cc1c[nH]c3ccccc13)CC(=O)OCCC/C=C/c1ccc3ccnc(c3c1)O2)C(=O)NS(=O)(=O)C1CC1. The number of pyridine rings is 1. The number of hydrogen-bond donors (Lipinski definition) is 3. The van der Waals surface area contributed by atoms with Crippen LogP contribution in [0.5, 0.6) is 5.88 Å². The number of para-hydroxylation sites is 1. The van der Waals surface area contributed by atoms with Crippen molar-refractivity contribution in [3.8, 4) is 5.88 Å². The molecule has 4 heterocycles. The fourth-order valence-electron chi connectivity index (χ4n) is 7.82. The predicted octanol–water partition coefficient (Wildman–Crippen LogP) is 4.33. The van der Waals surface area contributed by atoms with Crippen molar-refractivity contribution in [2.75, 3.05) is 13.2 Å². The second-order valence-electron chi connectivity index (χ2n) is 15.0. The van der Waals surface area contributed by atoms with Crippen LogP contribution in [-0.4, -0.2) is 83.1 Å². The van der Waals surface area contributed by atoms with E-state index in [0.717, 1.165) is 32.8 Å². The van der Waals surface area contributed by atoms with E-state index in [-0.39, 0.29) is 38.8 Å². The average Bonchev–Trinajstić information content (AvgIpc) is 4.08. The number of fused-ring (bicyclic) bond motifs is 4. The number of amides is 3. The average molecular weight is 766 g/mol. The van der Waals surface area contributed by atoms with Crippen molar-refractivity contribution >= 4 is 61.5 Å². The summed E-state index contributed by atoms with van der Waals surface area (Å²) in [5.41, 5.74) is 1.09. The van der Waals surface area contributed by atoms with Crippen LogP contribution in [0.1, 0.15) is 56.1 Å². The first-order valence-corrected chi connectivity index (χ1v) is 20.3. The second kappa shape index (κ2) is 14.6. The number of nitrogens with one attached hydrogen (secondary N) is 3. The van der Waals surface area contributed by atoms with Crippen molar-refractivity contribution in [2.45, 2.75) is 74.3 Å². The fourth-order valence-corrected chi connectivity index (χ4v) is 9.19. The summed E-state index contributed by atoms with van der Waals surface area (Å²) in [5, 5.41) is 4.77. The van der Waals surface area contributed by atoms with Gasteiger partial charge in [-0.3, -0.25) is 23.9 Å². The van der Waals surface area contributed by atoms with E-state index in [0.29, 0.717) is 31.6 Å². The summed E-state index contributed by atoms with van der Waals surface area (Å²) in [6.45, 7) is 3.97. The molecule has 2 aromatic carbocycles. The summed E-state index contributed by atoms with van der Waals surface area (Å²) in [4.78, 5) is 65.4. The maximum atomic E-state index is 14.8. The zero-order valence-corrected chi connectivity index (χ0v) is 31.1. The van der Waals surface area contributed by atoms with Crippen LogP contribution in [0.3, 0.4) is 0 Å². The number of nitrogens with zero attached hydrogens (tertiary/aromatic N) is 2. The fraction of sp³-hybridized carbons (Fsp3) is 0.390. The summed E-state index contributed by atoms with van der Waals surface area (Å²) in [7, 11) is -3.90. The van der Waals surface area contributed by atoms with E-state index in [9.17, 15) is 27.6 Å². The summed E-state index contributed by atoms with van der Waals surface area (Å²) in [6.07, 6.45) is 10.7. The number of cyclic esters (lactones) is 1. The van der Waals surface area contributed by atoms with Crippen LogP contribution >= 0.6 is 0 Å². The third kappa shape index (κ3) is 7.47. The molecule has 0 unspecified atom stereocenters. The number of aromatic amines is 1. The molecule has 1 saturated heterocycles. The van der Waals surface area contributed by atoms with Gasteiger partial charge in [-0.2, -0.15) is 0 Å². The molecule has 3 N–H and O–H groups in total. The number of ether oxygens (including phenoxy) is 2. The molecule has 13 nitrogen and oxygen atoms in total. The van der Waals surface area contributed by atoms with Crippen LogP contribution in [-0.2, 0) is 40.4 Å². The van der Waals surface area contributed by atoms with Crippen molar-refractivity contribution in [3.05, 3.63) is 90.8 Å². The van der Waals surface area contributed by atoms with Gasteiger partial charge in [0.25, 0.3) is 5.91 Å². The Hall–Kier alpha value is -5.50. The van der Waals surface area contributed by atoms with Gasteiger partial charge in [0.2, 0.25) is 27.7 Å². The molecule has 4 aromatic rings. The van der Waals surface area contributed by atoms with E-state index >= 15 is 0 Å². The molecule has 286 valence electrons. The first-order valence-electron chi connectivity index (χ1n) is 18.8. The summed E-state index contributed by atoms with van der Waals surface area (Å²) >= 11 is 0. The maximum absolute atomic E-state index is 14.8. The van der Waals surface area contributed by atoms with E-state index in [1.807, 2.05) is 66.9 Å². The zero-order chi connectivity index (χ0) is 38.3. The lowest BCUT2D eigenvalue weighted by molar-refractivity contribution is -0.150. The van der Waals surface area contributed by atoms with Crippen LogP contribution in [0.25, 0.3) is 27.8 Å². The lowest BCUT2D eigenvalue weighted by Gasteiger charge is -2.29. The van der Waals surface area contributed by atoms with E-state index in [1.54, 1.807) is 6.20 Å². The molecule has 8 rings (SSSR count). The Balaban J connectivity index is 1.14. The summed E-state index contributed by atoms with van der Waals surface area (Å²) < 4.78 is 39.8. The maximum Gasteiger partial charge on any atom is 0.306 e. The molecule has 3 amide bonds. The number of allylic oxidation sites excluding steroid dienone is 1. The Bertz CT molecular complexity index is 2330. The van der Waals surface area contributed by atoms with Gasteiger partial charge in [0.15, 0.2) is 0 Å². The molecule has 2 aliphatic heterocycles. The molecule has 0 spiro atoms. The van der Waals surface area contributed by atoms with Gasteiger partial charge < -0.3 is 24.7 Å². The third-order valence-electron chi connectivity index (χ3n) is 11.1. The minimum Gasteiger partial charge on any atom is -0.472 e. The lowest BCUT2D eigenvalue weighted by atomic mass is 9.94. The normalized spacial score (nSPS) is 26.4. The molecule has 55 heavy (non-hydrogen) atoms. The minimum absolute atomic E-state index is 0.00580. The Morgan fingerprint density at radius 2 is 1.95 bits per heavy atom. The molecule has 2 saturated carbocycles. The number of aromatic nitrogens is 2. The summed E-state index contributed by atoms with van der Waals surface area (Å²) in [6, 6.07) is 14.4. The number of H-pyrrole nitrogens is 1. The monoisotopic (exact) mass is 765 g/mol. The number of rotatable bonds is 8. The van der Waals surface area contributed by atoms with Crippen LogP contribution in [0.15, 0.2) is 79.7 Å². The Kier molecular flexibility index (Phi) is 9.70. The highest BCUT2D eigenvalue weighted by Crippen LogP contribution is 2.45. The number of benzene rings is 2. The zero-order valence-electron chi connectivity index (χ0n) is 30.2. The van der Waals surface area contributed by atoms with Gasteiger partial charge in [-0.1, -0.05) is 48.6 Å². The number of sulfonamides is 1. The second-order valence-corrected chi connectivity index (χ2v) is 17.0. The van der Waals surface area contributed by atoms with Gasteiger partial charge >= 0.3 is 5.97 Å². The van der Waals surface area contributed by atoms with Gasteiger partial charge in [-0.15, -0.1) is 6.58 Å². The Morgan fingerprint density at radius 1 is 1.11 bits per heavy atom.